The number of rotatable bonds is 49. The maximum Gasteiger partial charge on any atom is 0.361 e. The van der Waals surface area contributed by atoms with Crippen molar-refractivity contribution in [2.45, 2.75) is 193 Å². The molecule has 0 spiro atoms. The summed E-state index contributed by atoms with van der Waals surface area (Å²) in [7, 11) is 5.93. The molecule has 0 amide bonds. The summed E-state index contributed by atoms with van der Waals surface area (Å²) >= 11 is 0. The number of carbonyl (C=O) groups excluding carboxylic acids is 2. The van der Waals surface area contributed by atoms with E-state index in [2.05, 4.69) is 160 Å². The van der Waals surface area contributed by atoms with Crippen molar-refractivity contribution in [2.75, 3.05) is 47.5 Å². The Morgan fingerprint density at radius 1 is 0.425 bits per heavy atom. The molecular formula is C64H102NO8+. The molecule has 0 heterocycles. The third-order valence-corrected chi connectivity index (χ3v) is 11.1. The van der Waals surface area contributed by atoms with Crippen LogP contribution in [0.25, 0.3) is 0 Å². The fraction of sp³-hybridized carbons (Fsp3) is 0.578. The number of hydrogen-bond donors (Lipinski definition) is 1. The molecule has 0 rings (SSSR count). The van der Waals surface area contributed by atoms with E-state index in [0.717, 1.165) is 109 Å². The molecule has 9 nitrogen and oxygen atoms in total. The van der Waals surface area contributed by atoms with Crippen LogP contribution in [0.4, 0.5) is 0 Å². The first-order valence-electron chi connectivity index (χ1n) is 28.0. The van der Waals surface area contributed by atoms with E-state index in [4.69, 9.17) is 18.9 Å². The summed E-state index contributed by atoms with van der Waals surface area (Å²) < 4.78 is 22.7. The summed E-state index contributed by atoms with van der Waals surface area (Å²) in [5.74, 6) is -2.09. The van der Waals surface area contributed by atoms with Gasteiger partial charge in [-0.2, -0.15) is 0 Å². The molecule has 9 heteroatoms. The van der Waals surface area contributed by atoms with Crippen LogP contribution in [-0.4, -0.2) is 87.4 Å². The quantitative estimate of drug-likeness (QED) is 0.0211. The van der Waals surface area contributed by atoms with E-state index in [-0.39, 0.29) is 38.6 Å². The molecule has 2 atom stereocenters. The van der Waals surface area contributed by atoms with E-state index in [1.807, 2.05) is 21.1 Å². The Hall–Kier alpha value is -4.83. The fourth-order valence-corrected chi connectivity index (χ4v) is 6.82. The first kappa shape index (κ1) is 68.2. The Labute approximate surface area is 445 Å². The van der Waals surface area contributed by atoms with E-state index >= 15 is 0 Å². The van der Waals surface area contributed by atoms with Crippen LogP contribution in [0.3, 0.4) is 0 Å². The van der Waals surface area contributed by atoms with Gasteiger partial charge in [-0.05, 0) is 103 Å². The maximum atomic E-state index is 12.8. The number of hydrogen-bond acceptors (Lipinski definition) is 7. The highest BCUT2D eigenvalue weighted by molar-refractivity contribution is 5.71. The van der Waals surface area contributed by atoms with Gasteiger partial charge in [-0.25, -0.2) is 4.79 Å². The molecular weight excluding hydrogens is 911 g/mol. The SMILES string of the molecule is CC/C=C\C/C=C\C/C=C\C/C=C\C/C=C\C/C=C\C/C=C\C/C=C\C/C=C\C/C=C\C/C=C\C/C=C\CCCCC(=O)OC(COC(=O)CCCCCCCCCCC)COC(OCC[N+](C)(C)C)C(=O)O. The van der Waals surface area contributed by atoms with E-state index in [0.29, 0.717) is 17.4 Å². The number of allylic oxidation sites excluding steroid dienone is 24. The summed E-state index contributed by atoms with van der Waals surface area (Å²) in [6, 6.07) is 0. The van der Waals surface area contributed by atoms with Crippen molar-refractivity contribution in [2.24, 2.45) is 0 Å². The van der Waals surface area contributed by atoms with Gasteiger partial charge in [0.2, 0.25) is 0 Å². The summed E-state index contributed by atoms with van der Waals surface area (Å²) in [5, 5.41) is 9.65. The van der Waals surface area contributed by atoms with Crippen molar-refractivity contribution < 1.29 is 42.9 Å². The minimum atomic E-state index is -1.53. The zero-order chi connectivity index (χ0) is 53.4. The van der Waals surface area contributed by atoms with Gasteiger partial charge < -0.3 is 28.5 Å². The predicted octanol–water partition coefficient (Wildman–Crippen LogP) is 16.4. The highest BCUT2D eigenvalue weighted by Crippen LogP contribution is 2.12. The van der Waals surface area contributed by atoms with E-state index in [1.165, 1.54) is 38.5 Å². The average molecular weight is 1010 g/mol. The van der Waals surface area contributed by atoms with Crippen molar-refractivity contribution in [1.82, 2.24) is 0 Å². The van der Waals surface area contributed by atoms with Gasteiger partial charge in [-0.15, -0.1) is 0 Å². The van der Waals surface area contributed by atoms with Gasteiger partial charge >= 0.3 is 17.9 Å². The molecule has 73 heavy (non-hydrogen) atoms. The number of nitrogens with zero attached hydrogens (tertiary/aromatic N) is 1. The molecule has 0 aromatic carbocycles. The fourth-order valence-electron chi connectivity index (χ4n) is 6.82. The van der Waals surface area contributed by atoms with E-state index in [1.54, 1.807) is 0 Å². The largest absolute Gasteiger partial charge is 0.477 e. The lowest BCUT2D eigenvalue weighted by atomic mass is 10.1. The highest BCUT2D eigenvalue weighted by atomic mass is 16.7. The standard InChI is InChI=1S/C64H101NO8/c1-6-8-10-12-14-16-17-18-19-20-21-22-23-24-25-26-27-28-29-30-31-32-33-34-35-36-37-38-39-40-41-42-43-44-45-47-49-51-53-55-62(67)73-60(59-72-64(63(68)69)70-57-56-65(3,4)5)58-71-61(66)54-52-50-48-46-15-13-11-9-7-2/h8,10,14,16,18-19,21-22,24-25,27-28,30-31,33-34,36-37,39-40,42-43,45,47,60,64H,6-7,9,11-13,15,17,20,23,26,29,32,35,38,41,44,46,48-59H2,1-5H3/p+1/b10-8-,16-14-,19-18-,22-21-,25-24-,28-27-,31-30-,34-33-,37-36-,40-39-,43-42-,47-45-. The zero-order valence-corrected chi connectivity index (χ0v) is 46.5. The van der Waals surface area contributed by atoms with Gasteiger partial charge in [0.05, 0.1) is 34.4 Å². The molecule has 0 saturated carbocycles. The van der Waals surface area contributed by atoms with Crippen LogP contribution in [0.5, 0.6) is 0 Å². The Morgan fingerprint density at radius 3 is 1.16 bits per heavy atom. The molecule has 0 bridgehead atoms. The zero-order valence-electron chi connectivity index (χ0n) is 46.5. The van der Waals surface area contributed by atoms with Crippen LogP contribution in [0.15, 0.2) is 146 Å². The molecule has 0 fully saturated rings. The lowest BCUT2D eigenvalue weighted by molar-refractivity contribution is -0.870. The van der Waals surface area contributed by atoms with Gasteiger partial charge in [-0.3, -0.25) is 9.59 Å². The lowest BCUT2D eigenvalue weighted by Gasteiger charge is -2.25. The summed E-state index contributed by atoms with van der Waals surface area (Å²) in [6.07, 6.45) is 75.2. The second-order valence-corrected chi connectivity index (χ2v) is 19.2. The summed E-state index contributed by atoms with van der Waals surface area (Å²) in [6.45, 7) is 4.65. The normalized spacial score (nSPS) is 13.9. The van der Waals surface area contributed by atoms with Crippen molar-refractivity contribution in [1.29, 1.82) is 0 Å². The average Bonchev–Trinajstić information content (AvgIpc) is 3.36. The first-order valence-corrected chi connectivity index (χ1v) is 28.0. The number of carboxylic acids is 1. The lowest BCUT2D eigenvalue weighted by Crippen LogP contribution is -2.40. The van der Waals surface area contributed by atoms with E-state index in [9.17, 15) is 19.5 Å². The monoisotopic (exact) mass is 1010 g/mol. The van der Waals surface area contributed by atoms with Crippen LogP contribution in [0.2, 0.25) is 0 Å². The minimum Gasteiger partial charge on any atom is -0.477 e. The van der Waals surface area contributed by atoms with Gasteiger partial charge in [0.15, 0.2) is 6.10 Å². The number of ether oxygens (including phenoxy) is 4. The summed E-state index contributed by atoms with van der Waals surface area (Å²) in [5.41, 5.74) is 0. The number of carboxylic acid groups (broad SMARTS) is 1. The van der Waals surface area contributed by atoms with Crippen LogP contribution in [-0.2, 0) is 33.3 Å². The van der Waals surface area contributed by atoms with Gasteiger partial charge in [0.1, 0.15) is 13.2 Å². The Balaban J connectivity index is 4.25. The molecule has 0 aliphatic carbocycles. The number of likely N-dealkylation sites (N-methyl/N-ethyl adjacent to an activating group) is 1. The second-order valence-electron chi connectivity index (χ2n) is 19.2. The van der Waals surface area contributed by atoms with Crippen molar-refractivity contribution in [3.8, 4) is 0 Å². The van der Waals surface area contributed by atoms with Crippen LogP contribution in [0, 0.1) is 0 Å². The number of carbonyl (C=O) groups is 3. The van der Waals surface area contributed by atoms with Gasteiger partial charge in [-0.1, -0.05) is 211 Å². The van der Waals surface area contributed by atoms with Crippen LogP contribution < -0.4 is 0 Å². The molecule has 0 aromatic heterocycles. The van der Waals surface area contributed by atoms with Crippen molar-refractivity contribution in [3.63, 3.8) is 0 Å². The molecule has 0 radical (unpaired) electrons. The Kier molecular flexibility index (Phi) is 49.9. The molecule has 410 valence electrons. The smallest absolute Gasteiger partial charge is 0.361 e. The van der Waals surface area contributed by atoms with Gasteiger partial charge in [0, 0.05) is 12.8 Å². The maximum absolute atomic E-state index is 12.8. The minimum absolute atomic E-state index is 0.172. The molecule has 0 aliphatic rings. The number of aliphatic carboxylic acids is 1. The molecule has 2 unspecified atom stereocenters. The Bertz CT molecular complexity index is 1700. The molecule has 0 aromatic rings. The van der Waals surface area contributed by atoms with Gasteiger partial charge in [0.25, 0.3) is 6.29 Å². The third kappa shape index (κ3) is 54.8. The topological polar surface area (TPSA) is 108 Å². The molecule has 1 N–H and O–H groups in total. The highest BCUT2D eigenvalue weighted by Gasteiger charge is 2.25. The Morgan fingerprint density at radius 2 is 0.781 bits per heavy atom. The van der Waals surface area contributed by atoms with Crippen LogP contribution in [0.1, 0.15) is 181 Å². The van der Waals surface area contributed by atoms with E-state index < -0.39 is 24.3 Å². The van der Waals surface area contributed by atoms with Crippen LogP contribution >= 0.6 is 0 Å². The summed E-state index contributed by atoms with van der Waals surface area (Å²) in [4.78, 5) is 37.1. The second kappa shape index (κ2) is 53.5. The number of esters is 2. The predicted molar refractivity (Wildman–Crippen MR) is 308 cm³/mol. The first-order chi connectivity index (χ1) is 35.6. The number of quaternary nitrogens is 1. The number of unbranched alkanes of at least 4 members (excludes halogenated alkanes) is 10. The third-order valence-electron chi connectivity index (χ3n) is 11.1. The van der Waals surface area contributed by atoms with Crippen molar-refractivity contribution >= 4 is 17.9 Å². The molecule has 0 saturated heterocycles. The van der Waals surface area contributed by atoms with Crippen molar-refractivity contribution in [3.05, 3.63) is 146 Å². The molecule has 0 aliphatic heterocycles.